The van der Waals surface area contributed by atoms with Crippen LogP contribution in [0.4, 0.5) is 0 Å². The SMILES string of the molecule is CCc1c(C(=O)N(C)CCc2ccc(OC)c(OC)c2)cnn1-c1cccc(Cl)c1. The van der Waals surface area contributed by atoms with Crippen LogP contribution in [0.15, 0.2) is 48.7 Å². The molecule has 0 aliphatic rings. The molecule has 0 aliphatic heterocycles. The van der Waals surface area contributed by atoms with E-state index in [4.69, 9.17) is 21.1 Å². The average molecular weight is 428 g/mol. The van der Waals surface area contributed by atoms with Gasteiger partial charge < -0.3 is 14.4 Å². The summed E-state index contributed by atoms with van der Waals surface area (Å²) in [6.07, 6.45) is 3.01. The lowest BCUT2D eigenvalue weighted by atomic mass is 10.1. The van der Waals surface area contributed by atoms with Crippen LogP contribution in [0.3, 0.4) is 0 Å². The predicted molar refractivity (Wildman–Crippen MR) is 118 cm³/mol. The fourth-order valence-corrected chi connectivity index (χ4v) is 3.55. The van der Waals surface area contributed by atoms with E-state index in [9.17, 15) is 4.79 Å². The molecule has 1 heterocycles. The van der Waals surface area contributed by atoms with Crippen molar-refractivity contribution in [2.45, 2.75) is 19.8 Å². The summed E-state index contributed by atoms with van der Waals surface area (Å²) in [6, 6.07) is 13.2. The maximum absolute atomic E-state index is 13.1. The van der Waals surface area contributed by atoms with E-state index in [-0.39, 0.29) is 5.91 Å². The summed E-state index contributed by atoms with van der Waals surface area (Å²) in [6.45, 7) is 2.58. The minimum atomic E-state index is -0.0550. The smallest absolute Gasteiger partial charge is 0.257 e. The zero-order chi connectivity index (χ0) is 21.7. The number of likely N-dealkylation sites (N-methyl/N-ethyl adjacent to an activating group) is 1. The van der Waals surface area contributed by atoms with Gasteiger partial charge in [-0.1, -0.05) is 30.7 Å². The number of rotatable bonds is 8. The lowest BCUT2D eigenvalue weighted by Crippen LogP contribution is -2.29. The van der Waals surface area contributed by atoms with Gasteiger partial charge in [0, 0.05) is 18.6 Å². The van der Waals surface area contributed by atoms with E-state index in [2.05, 4.69) is 5.10 Å². The van der Waals surface area contributed by atoms with Gasteiger partial charge in [-0.25, -0.2) is 4.68 Å². The quantitative estimate of drug-likeness (QED) is 0.534. The Morgan fingerprint density at radius 2 is 1.90 bits per heavy atom. The van der Waals surface area contributed by atoms with Crippen molar-refractivity contribution in [2.75, 3.05) is 27.8 Å². The number of carbonyl (C=O) groups is 1. The highest BCUT2D eigenvalue weighted by atomic mass is 35.5. The van der Waals surface area contributed by atoms with Gasteiger partial charge in [-0.05, 0) is 48.7 Å². The fraction of sp³-hybridized carbons (Fsp3) is 0.304. The van der Waals surface area contributed by atoms with Crippen molar-refractivity contribution in [3.8, 4) is 17.2 Å². The van der Waals surface area contributed by atoms with Crippen LogP contribution >= 0.6 is 11.6 Å². The van der Waals surface area contributed by atoms with Gasteiger partial charge in [0.05, 0.1) is 37.4 Å². The Balaban J connectivity index is 1.75. The van der Waals surface area contributed by atoms with E-state index in [1.54, 1.807) is 37.0 Å². The van der Waals surface area contributed by atoms with E-state index in [1.807, 2.05) is 49.4 Å². The van der Waals surface area contributed by atoms with Gasteiger partial charge in [-0.15, -0.1) is 0 Å². The molecule has 0 saturated carbocycles. The van der Waals surface area contributed by atoms with Crippen LogP contribution in [-0.2, 0) is 12.8 Å². The largest absolute Gasteiger partial charge is 0.493 e. The molecule has 0 saturated heterocycles. The van der Waals surface area contributed by atoms with E-state index in [0.717, 1.165) is 16.9 Å². The van der Waals surface area contributed by atoms with Crippen LogP contribution in [0.25, 0.3) is 5.69 Å². The van der Waals surface area contributed by atoms with Crippen LogP contribution in [0.2, 0.25) is 5.02 Å². The van der Waals surface area contributed by atoms with E-state index < -0.39 is 0 Å². The highest BCUT2D eigenvalue weighted by Crippen LogP contribution is 2.28. The van der Waals surface area contributed by atoms with E-state index >= 15 is 0 Å². The number of methoxy groups -OCH3 is 2. The number of aromatic nitrogens is 2. The Labute approximate surface area is 182 Å². The minimum absolute atomic E-state index is 0.0550. The standard InChI is InChI=1S/C23H26ClN3O3/c1-5-20-19(15-25-27(20)18-8-6-7-17(24)14-18)23(28)26(2)12-11-16-9-10-21(29-3)22(13-16)30-4/h6-10,13-15H,5,11-12H2,1-4H3. The molecule has 0 fully saturated rings. The summed E-state index contributed by atoms with van der Waals surface area (Å²) in [5, 5.41) is 5.07. The van der Waals surface area contributed by atoms with E-state index in [1.165, 1.54) is 0 Å². The zero-order valence-corrected chi connectivity index (χ0v) is 18.4. The van der Waals surface area contributed by atoms with Crippen molar-refractivity contribution in [3.05, 3.63) is 70.5 Å². The number of nitrogens with zero attached hydrogens (tertiary/aromatic N) is 3. The van der Waals surface area contributed by atoms with Crippen LogP contribution < -0.4 is 9.47 Å². The Morgan fingerprint density at radius 3 is 2.57 bits per heavy atom. The molecule has 6 nitrogen and oxygen atoms in total. The number of halogens is 1. The molecule has 0 radical (unpaired) electrons. The molecule has 7 heteroatoms. The fourth-order valence-electron chi connectivity index (χ4n) is 3.36. The number of carbonyl (C=O) groups excluding carboxylic acids is 1. The van der Waals surface area contributed by atoms with Gasteiger partial charge >= 0.3 is 0 Å². The molecule has 1 amide bonds. The molecular formula is C23H26ClN3O3. The lowest BCUT2D eigenvalue weighted by molar-refractivity contribution is 0.0795. The second-order valence-electron chi connectivity index (χ2n) is 6.92. The van der Waals surface area contributed by atoms with Gasteiger partial charge in [0.2, 0.25) is 0 Å². The molecule has 0 N–H and O–H groups in total. The predicted octanol–water partition coefficient (Wildman–Crippen LogP) is 4.42. The zero-order valence-electron chi connectivity index (χ0n) is 17.7. The first-order valence-corrected chi connectivity index (χ1v) is 10.2. The molecule has 2 aromatic carbocycles. The second kappa shape index (κ2) is 9.67. The van der Waals surface area contributed by atoms with Gasteiger partial charge in [-0.3, -0.25) is 4.79 Å². The first-order valence-electron chi connectivity index (χ1n) is 9.77. The van der Waals surface area contributed by atoms with Gasteiger partial charge in [-0.2, -0.15) is 5.10 Å². The molecule has 0 spiro atoms. The van der Waals surface area contributed by atoms with Crippen molar-refractivity contribution in [2.24, 2.45) is 0 Å². The van der Waals surface area contributed by atoms with Crippen molar-refractivity contribution in [3.63, 3.8) is 0 Å². The maximum atomic E-state index is 13.1. The maximum Gasteiger partial charge on any atom is 0.257 e. The van der Waals surface area contributed by atoms with Crippen LogP contribution in [0.5, 0.6) is 11.5 Å². The van der Waals surface area contributed by atoms with Crippen LogP contribution in [0, 0.1) is 0 Å². The summed E-state index contributed by atoms with van der Waals surface area (Å²) in [5.41, 5.74) is 3.37. The van der Waals surface area contributed by atoms with Gasteiger partial charge in [0.25, 0.3) is 5.91 Å². The van der Waals surface area contributed by atoms with Crippen molar-refractivity contribution >= 4 is 17.5 Å². The first-order chi connectivity index (χ1) is 14.5. The summed E-state index contributed by atoms with van der Waals surface area (Å²) in [7, 11) is 5.03. The highest BCUT2D eigenvalue weighted by molar-refractivity contribution is 6.30. The van der Waals surface area contributed by atoms with Crippen LogP contribution in [-0.4, -0.2) is 48.4 Å². The van der Waals surface area contributed by atoms with Gasteiger partial charge in [0.15, 0.2) is 11.5 Å². The Morgan fingerprint density at radius 1 is 1.13 bits per heavy atom. The third kappa shape index (κ3) is 4.60. The first kappa shape index (κ1) is 21.7. The molecule has 0 atom stereocenters. The molecule has 3 rings (SSSR count). The Bertz CT molecular complexity index is 1030. The summed E-state index contributed by atoms with van der Waals surface area (Å²) in [4.78, 5) is 14.8. The normalized spacial score (nSPS) is 10.7. The van der Waals surface area contributed by atoms with Gasteiger partial charge in [0.1, 0.15) is 0 Å². The Hall–Kier alpha value is -2.99. The Kier molecular flexibility index (Phi) is 7.00. The molecular weight excluding hydrogens is 402 g/mol. The van der Waals surface area contributed by atoms with E-state index in [0.29, 0.717) is 41.5 Å². The molecule has 158 valence electrons. The van der Waals surface area contributed by atoms with Crippen molar-refractivity contribution < 1.29 is 14.3 Å². The molecule has 3 aromatic rings. The second-order valence-corrected chi connectivity index (χ2v) is 7.35. The third-order valence-corrected chi connectivity index (χ3v) is 5.25. The number of hydrogen-bond acceptors (Lipinski definition) is 4. The monoisotopic (exact) mass is 427 g/mol. The molecule has 0 unspecified atom stereocenters. The summed E-state index contributed by atoms with van der Waals surface area (Å²) in [5.74, 6) is 1.31. The minimum Gasteiger partial charge on any atom is -0.493 e. The molecule has 0 aliphatic carbocycles. The number of ether oxygens (including phenoxy) is 2. The topological polar surface area (TPSA) is 56.6 Å². The number of amides is 1. The average Bonchev–Trinajstić information content (AvgIpc) is 3.20. The number of hydrogen-bond donors (Lipinski definition) is 0. The summed E-state index contributed by atoms with van der Waals surface area (Å²) >= 11 is 6.12. The highest BCUT2D eigenvalue weighted by Gasteiger charge is 2.20. The van der Waals surface area contributed by atoms with Crippen LogP contribution in [0.1, 0.15) is 28.5 Å². The molecule has 30 heavy (non-hydrogen) atoms. The number of benzene rings is 2. The molecule has 1 aromatic heterocycles. The van der Waals surface area contributed by atoms with Crippen molar-refractivity contribution in [1.29, 1.82) is 0 Å². The van der Waals surface area contributed by atoms with Crippen molar-refractivity contribution in [1.82, 2.24) is 14.7 Å². The summed E-state index contributed by atoms with van der Waals surface area (Å²) < 4.78 is 12.4. The third-order valence-electron chi connectivity index (χ3n) is 5.02. The molecule has 0 bridgehead atoms. The lowest BCUT2D eigenvalue weighted by Gasteiger charge is -2.18.